The van der Waals surface area contributed by atoms with Gasteiger partial charge in [0.1, 0.15) is 5.75 Å². The van der Waals surface area contributed by atoms with Crippen LogP contribution in [0.2, 0.25) is 0 Å². The molecule has 8 heteroatoms. The van der Waals surface area contributed by atoms with Gasteiger partial charge in [0.25, 0.3) is 5.91 Å². The Kier molecular flexibility index (Phi) is 8.65. The lowest BCUT2D eigenvalue weighted by atomic mass is 9.89. The molecule has 0 bridgehead atoms. The van der Waals surface area contributed by atoms with Gasteiger partial charge in [-0.1, -0.05) is 26.0 Å². The summed E-state index contributed by atoms with van der Waals surface area (Å²) in [6, 6.07) is 8.16. The predicted molar refractivity (Wildman–Crippen MR) is 112 cm³/mol. The van der Waals surface area contributed by atoms with E-state index < -0.39 is 11.9 Å². The van der Waals surface area contributed by atoms with Crippen LogP contribution in [0, 0.1) is 11.8 Å². The molecule has 0 radical (unpaired) electrons. The van der Waals surface area contributed by atoms with Crippen molar-refractivity contribution in [2.45, 2.75) is 39.2 Å². The number of hydrogen-bond acceptors (Lipinski definition) is 5. The van der Waals surface area contributed by atoms with Crippen molar-refractivity contribution in [3.8, 4) is 5.75 Å². The van der Waals surface area contributed by atoms with E-state index in [0.29, 0.717) is 17.4 Å². The highest BCUT2D eigenvalue weighted by atomic mass is 16.5. The van der Waals surface area contributed by atoms with Crippen LogP contribution in [-0.4, -0.2) is 77.2 Å². The molecule has 1 amide bonds. The van der Waals surface area contributed by atoms with Gasteiger partial charge >= 0.3 is 11.9 Å². The molecule has 166 valence electrons. The molecule has 30 heavy (non-hydrogen) atoms. The fourth-order valence-electron chi connectivity index (χ4n) is 4.44. The van der Waals surface area contributed by atoms with Crippen LogP contribution >= 0.6 is 0 Å². The first kappa shape index (κ1) is 23.7. The number of likely N-dealkylation sites (tertiary alicyclic amines) is 2. The number of aliphatic carboxylic acids is 2. The lowest BCUT2D eigenvalue weighted by molar-refractivity contribution is -0.159. The van der Waals surface area contributed by atoms with Crippen molar-refractivity contribution in [2.24, 2.45) is 11.8 Å². The topological polar surface area (TPSA) is 107 Å². The summed E-state index contributed by atoms with van der Waals surface area (Å²) in [7, 11) is 1.62. The molecule has 0 spiro atoms. The molecule has 2 fully saturated rings. The van der Waals surface area contributed by atoms with Crippen LogP contribution < -0.4 is 4.74 Å². The summed E-state index contributed by atoms with van der Waals surface area (Å²) in [6.45, 7) is 8.86. The lowest BCUT2D eigenvalue weighted by Gasteiger charge is -2.43. The number of nitrogens with zero attached hydrogens (tertiary/aromatic N) is 2. The van der Waals surface area contributed by atoms with Gasteiger partial charge in [-0.3, -0.25) is 9.69 Å². The van der Waals surface area contributed by atoms with E-state index >= 15 is 0 Å². The third-order valence-electron chi connectivity index (χ3n) is 5.69. The van der Waals surface area contributed by atoms with Crippen LogP contribution in [0.15, 0.2) is 24.3 Å². The summed E-state index contributed by atoms with van der Waals surface area (Å²) in [4.78, 5) is 35.7. The number of carbonyl (C=O) groups excluding carboxylic acids is 1. The third-order valence-corrected chi connectivity index (χ3v) is 5.69. The lowest BCUT2D eigenvalue weighted by Crippen LogP contribution is -2.50. The molecule has 0 aliphatic carbocycles. The second kappa shape index (κ2) is 11.0. The number of hydrogen-bond donors (Lipinski definition) is 2. The average Bonchev–Trinajstić information content (AvgIpc) is 2.73. The van der Waals surface area contributed by atoms with Crippen molar-refractivity contribution in [3.63, 3.8) is 0 Å². The Bertz CT molecular complexity index is 723. The van der Waals surface area contributed by atoms with E-state index in [1.807, 2.05) is 29.2 Å². The molecule has 1 aromatic rings. The fourth-order valence-corrected chi connectivity index (χ4v) is 4.44. The minimum absolute atomic E-state index is 0.103. The molecule has 2 atom stereocenters. The first-order valence-electron chi connectivity index (χ1n) is 10.4. The van der Waals surface area contributed by atoms with Crippen LogP contribution in [0.25, 0.3) is 0 Å². The Balaban J connectivity index is 0.000000469. The highest BCUT2D eigenvalue weighted by molar-refractivity contribution is 6.27. The zero-order valence-electron chi connectivity index (χ0n) is 17.9. The largest absolute Gasteiger partial charge is 0.496 e. The minimum atomic E-state index is -1.82. The molecule has 2 N–H and O–H groups in total. The molecule has 1 aromatic carbocycles. The van der Waals surface area contributed by atoms with Crippen LogP contribution in [0.4, 0.5) is 0 Å². The maximum atomic E-state index is 12.8. The fraction of sp³-hybridized carbons (Fsp3) is 0.591. The van der Waals surface area contributed by atoms with Crippen molar-refractivity contribution in [2.75, 3.05) is 33.3 Å². The maximum Gasteiger partial charge on any atom is 0.414 e. The number of methoxy groups -OCH3 is 1. The molecule has 2 aliphatic heterocycles. The van der Waals surface area contributed by atoms with Gasteiger partial charge in [0, 0.05) is 32.2 Å². The van der Waals surface area contributed by atoms with E-state index in [-0.39, 0.29) is 5.91 Å². The van der Waals surface area contributed by atoms with Crippen molar-refractivity contribution >= 4 is 17.8 Å². The number of carboxylic acid groups (broad SMARTS) is 2. The Hall–Kier alpha value is -2.61. The predicted octanol–water partition coefficient (Wildman–Crippen LogP) is 2.43. The quantitative estimate of drug-likeness (QED) is 0.723. The number of carbonyl (C=O) groups is 3. The van der Waals surface area contributed by atoms with Crippen molar-refractivity contribution < 1.29 is 29.3 Å². The molecule has 2 unspecified atom stereocenters. The van der Waals surface area contributed by atoms with E-state index in [1.54, 1.807) is 7.11 Å². The molecule has 2 aliphatic rings. The zero-order chi connectivity index (χ0) is 22.3. The van der Waals surface area contributed by atoms with Crippen molar-refractivity contribution in [3.05, 3.63) is 29.8 Å². The number of amides is 1. The second-order valence-corrected chi connectivity index (χ2v) is 8.23. The number of para-hydroxylation sites is 1. The van der Waals surface area contributed by atoms with E-state index in [1.165, 1.54) is 19.5 Å². The van der Waals surface area contributed by atoms with Gasteiger partial charge in [0.05, 0.1) is 12.7 Å². The van der Waals surface area contributed by atoms with Gasteiger partial charge < -0.3 is 19.8 Å². The van der Waals surface area contributed by atoms with Gasteiger partial charge in [0.2, 0.25) is 0 Å². The van der Waals surface area contributed by atoms with Crippen molar-refractivity contribution in [1.82, 2.24) is 9.80 Å². The average molecular weight is 421 g/mol. The standard InChI is InChI=1S/C20H30N2O2.C2H2O4/c1-15-12-16(2)14-22(13-15)17-8-10-21(11-9-17)20(23)18-6-4-5-7-19(18)24-3;3-1(4)2(5)6/h4-7,15-17H,8-14H2,1-3H3;(H,3,4)(H,5,6). The Morgan fingerprint density at radius 1 is 0.967 bits per heavy atom. The van der Waals surface area contributed by atoms with E-state index in [9.17, 15) is 4.79 Å². The number of rotatable bonds is 3. The number of piperidine rings is 2. The monoisotopic (exact) mass is 420 g/mol. The Morgan fingerprint density at radius 2 is 1.50 bits per heavy atom. The summed E-state index contributed by atoms with van der Waals surface area (Å²) in [5, 5.41) is 14.8. The Morgan fingerprint density at radius 3 is 2.00 bits per heavy atom. The number of carboxylic acids is 2. The minimum Gasteiger partial charge on any atom is -0.496 e. The summed E-state index contributed by atoms with van der Waals surface area (Å²) in [5.41, 5.74) is 0.679. The van der Waals surface area contributed by atoms with Gasteiger partial charge in [-0.2, -0.15) is 0 Å². The summed E-state index contributed by atoms with van der Waals surface area (Å²) >= 11 is 0. The highest BCUT2D eigenvalue weighted by Crippen LogP contribution is 2.28. The molecule has 8 nitrogen and oxygen atoms in total. The Labute approximate surface area is 177 Å². The van der Waals surface area contributed by atoms with Crippen molar-refractivity contribution in [1.29, 1.82) is 0 Å². The second-order valence-electron chi connectivity index (χ2n) is 8.23. The normalized spacial score (nSPS) is 22.6. The molecule has 0 saturated carbocycles. The van der Waals surface area contributed by atoms with E-state index in [0.717, 1.165) is 37.8 Å². The van der Waals surface area contributed by atoms with Crippen LogP contribution in [-0.2, 0) is 9.59 Å². The van der Waals surface area contributed by atoms with E-state index in [4.69, 9.17) is 24.5 Å². The smallest absolute Gasteiger partial charge is 0.414 e. The van der Waals surface area contributed by atoms with Gasteiger partial charge in [0.15, 0.2) is 0 Å². The van der Waals surface area contributed by atoms with Gasteiger partial charge in [-0.15, -0.1) is 0 Å². The van der Waals surface area contributed by atoms with Gasteiger partial charge in [-0.25, -0.2) is 9.59 Å². The SMILES string of the molecule is COc1ccccc1C(=O)N1CCC(N2CC(C)CC(C)C2)CC1.O=C(O)C(=O)O. The molecule has 2 heterocycles. The highest BCUT2D eigenvalue weighted by Gasteiger charge is 2.31. The summed E-state index contributed by atoms with van der Waals surface area (Å²) in [6.07, 6.45) is 3.52. The molecular weight excluding hydrogens is 388 g/mol. The van der Waals surface area contributed by atoms with E-state index in [2.05, 4.69) is 18.7 Å². The van der Waals surface area contributed by atoms with Crippen LogP contribution in [0.1, 0.15) is 43.5 Å². The van der Waals surface area contributed by atoms with Crippen LogP contribution in [0.3, 0.4) is 0 Å². The molecule has 0 aromatic heterocycles. The molecule has 2 saturated heterocycles. The molecular formula is C22H32N2O6. The van der Waals surface area contributed by atoms with Crippen LogP contribution in [0.5, 0.6) is 5.75 Å². The molecule has 3 rings (SSSR count). The zero-order valence-corrected chi connectivity index (χ0v) is 17.9. The van der Waals surface area contributed by atoms with Gasteiger partial charge in [-0.05, 0) is 43.2 Å². The summed E-state index contributed by atoms with van der Waals surface area (Å²) in [5.74, 6) is -1.29. The first-order chi connectivity index (χ1) is 14.2. The number of ether oxygens (including phenoxy) is 1. The first-order valence-corrected chi connectivity index (χ1v) is 10.4. The third kappa shape index (κ3) is 6.45. The summed E-state index contributed by atoms with van der Waals surface area (Å²) < 4.78 is 5.34. The number of benzene rings is 1. The maximum absolute atomic E-state index is 12.8.